The maximum atomic E-state index is 13.1. The number of ether oxygens (including phenoxy) is 1. The van der Waals surface area contributed by atoms with Gasteiger partial charge in [0.2, 0.25) is 5.91 Å². The fourth-order valence-corrected chi connectivity index (χ4v) is 3.63. The van der Waals surface area contributed by atoms with E-state index in [1.54, 1.807) is 19.2 Å². The highest BCUT2D eigenvalue weighted by atomic mass is 19.1. The summed E-state index contributed by atoms with van der Waals surface area (Å²) in [4.78, 5) is 19.0. The minimum absolute atomic E-state index is 0.0989. The number of piperidine rings is 1. The third kappa shape index (κ3) is 4.67. The van der Waals surface area contributed by atoms with Crippen LogP contribution in [-0.2, 0) is 22.4 Å². The van der Waals surface area contributed by atoms with Crippen molar-refractivity contribution < 1.29 is 13.9 Å². The molecule has 0 unspecified atom stereocenters. The number of likely N-dealkylation sites (tertiary alicyclic amines) is 1. The number of carbonyl (C=O) groups is 1. The highest BCUT2D eigenvalue weighted by molar-refractivity contribution is 5.78. The maximum Gasteiger partial charge on any atom is 0.228 e. The lowest BCUT2D eigenvalue weighted by atomic mass is 9.88. The molecule has 0 radical (unpaired) electrons. The Kier molecular flexibility index (Phi) is 5.99. The van der Waals surface area contributed by atoms with Gasteiger partial charge >= 0.3 is 0 Å². The van der Waals surface area contributed by atoms with Crippen molar-refractivity contribution in [3.63, 3.8) is 0 Å². The number of hydrogen-bond donors (Lipinski definition) is 0. The van der Waals surface area contributed by atoms with Crippen LogP contribution < -0.4 is 0 Å². The van der Waals surface area contributed by atoms with Gasteiger partial charge in [0.05, 0.1) is 12.5 Å². The molecule has 0 aliphatic carbocycles. The Balaban J connectivity index is 1.65. The maximum absolute atomic E-state index is 13.1. The smallest absolute Gasteiger partial charge is 0.228 e. The van der Waals surface area contributed by atoms with Crippen molar-refractivity contribution in [3.8, 4) is 0 Å². The van der Waals surface area contributed by atoms with E-state index < -0.39 is 0 Å². The molecule has 0 spiro atoms. The van der Waals surface area contributed by atoms with Crippen molar-refractivity contribution >= 4 is 5.91 Å². The van der Waals surface area contributed by atoms with E-state index in [0.717, 1.165) is 29.8 Å². The molecular formula is C21H25FN2O2. The highest BCUT2D eigenvalue weighted by Gasteiger charge is 2.31. The molecule has 4 nitrogen and oxygen atoms in total. The minimum Gasteiger partial charge on any atom is -0.381 e. The normalized spacial score (nSPS) is 20.2. The summed E-state index contributed by atoms with van der Waals surface area (Å²) in [5, 5.41) is 0. The first-order chi connectivity index (χ1) is 12.5. The zero-order chi connectivity index (χ0) is 18.5. The summed E-state index contributed by atoms with van der Waals surface area (Å²) in [6, 6.07) is 12.3. The summed E-state index contributed by atoms with van der Waals surface area (Å²) in [6.07, 6.45) is 2.02. The van der Waals surface area contributed by atoms with Crippen LogP contribution in [0.4, 0.5) is 4.39 Å². The first-order valence-electron chi connectivity index (χ1n) is 9.02. The number of aryl methyl sites for hydroxylation is 1. The molecule has 2 atom stereocenters. The predicted octanol–water partition coefficient (Wildman–Crippen LogP) is 3.18. The van der Waals surface area contributed by atoms with Crippen molar-refractivity contribution in [1.29, 1.82) is 0 Å². The molecule has 26 heavy (non-hydrogen) atoms. The van der Waals surface area contributed by atoms with Crippen molar-refractivity contribution in [2.24, 2.45) is 5.92 Å². The van der Waals surface area contributed by atoms with E-state index in [2.05, 4.69) is 4.98 Å². The van der Waals surface area contributed by atoms with Crippen LogP contribution in [0.25, 0.3) is 0 Å². The number of halogens is 1. The zero-order valence-electron chi connectivity index (χ0n) is 15.3. The number of carbonyl (C=O) groups excluding carboxylic acids is 1. The van der Waals surface area contributed by atoms with Crippen LogP contribution in [0.5, 0.6) is 0 Å². The number of benzene rings is 1. The Bertz CT molecular complexity index is 748. The van der Waals surface area contributed by atoms with Gasteiger partial charge in [-0.2, -0.15) is 0 Å². The Hall–Kier alpha value is -2.27. The molecule has 1 amide bonds. The van der Waals surface area contributed by atoms with Crippen LogP contribution in [0.2, 0.25) is 0 Å². The summed E-state index contributed by atoms with van der Waals surface area (Å²) in [6.45, 7) is 3.28. The second-order valence-corrected chi connectivity index (χ2v) is 6.94. The Morgan fingerprint density at radius 1 is 1.27 bits per heavy atom. The Labute approximate surface area is 154 Å². The van der Waals surface area contributed by atoms with Crippen LogP contribution in [0.1, 0.15) is 23.4 Å². The van der Waals surface area contributed by atoms with Gasteiger partial charge < -0.3 is 9.64 Å². The average molecular weight is 356 g/mol. The molecule has 2 heterocycles. The largest absolute Gasteiger partial charge is 0.381 e. The fraction of sp³-hybridized carbons (Fsp3) is 0.429. The summed E-state index contributed by atoms with van der Waals surface area (Å²) in [5.74, 6) is 0.0681. The summed E-state index contributed by atoms with van der Waals surface area (Å²) < 4.78 is 18.8. The molecule has 1 aliphatic rings. The minimum atomic E-state index is -0.233. The van der Waals surface area contributed by atoms with Crippen LogP contribution in [0, 0.1) is 18.7 Å². The Morgan fingerprint density at radius 3 is 2.73 bits per heavy atom. The van der Waals surface area contributed by atoms with Crippen LogP contribution in [0.15, 0.2) is 42.5 Å². The van der Waals surface area contributed by atoms with E-state index in [1.165, 1.54) is 12.1 Å². The van der Waals surface area contributed by atoms with Crippen molar-refractivity contribution in [1.82, 2.24) is 9.88 Å². The molecule has 1 fully saturated rings. The van der Waals surface area contributed by atoms with E-state index in [0.29, 0.717) is 19.5 Å². The summed E-state index contributed by atoms with van der Waals surface area (Å²) in [5.41, 5.74) is 2.79. The number of hydrogen-bond acceptors (Lipinski definition) is 3. The van der Waals surface area contributed by atoms with E-state index in [4.69, 9.17) is 4.74 Å². The molecule has 0 saturated carbocycles. The zero-order valence-corrected chi connectivity index (χ0v) is 15.3. The van der Waals surface area contributed by atoms with Gasteiger partial charge in [-0.25, -0.2) is 4.39 Å². The topological polar surface area (TPSA) is 42.4 Å². The van der Waals surface area contributed by atoms with E-state index in [9.17, 15) is 9.18 Å². The molecule has 1 aromatic carbocycles. The van der Waals surface area contributed by atoms with Crippen molar-refractivity contribution in [2.45, 2.75) is 32.3 Å². The number of amides is 1. The molecule has 2 aromatic rings. The lowest BCUT2D eigenvalue weighted by Crippen LogP contribution is -2.47. The van der Waals surface area contributed by atoms with E-state index in [1.807, 2.05) is 30.0 Å². The van der Waals surface area contributed by atoms with Crippen molar-refractivity contribution in [2.75, 3.05) is 20.2 Å². The number of nitrogens with zero attached hydrogens (tertiary/aromatic N) is 2. The number of pyridine rings is 1. The second kappa shape index (κ2) is 8.41. The molecule has 1 aliphatic heterocycles. The van der Waals surface area contributed by atoms with E-state index >= 15 is 0 Å². The fourth-order valence-electron chi connectivity index (χ4n) is 3.63. The first kappa shape index (κ1) is 18.5. The first-order valence-corrected chi connectivity index (χ1v) is 9.02. The van der Waals surface area contributed by atoms with Crippen LogP contribution in [-0.4, -0.2) is 42.1 Å². The monoisotopic (exact) mass is 356 g/mol. The van der Waals surface area contributed by atoms with Gasteiger partial charge in [-0.15, -0.1) is 0 Å². The predicted molar refractivity (Wildman–Crippen MR) is 98.3 cm³/mol. The molecule has 1 saturated heterocycles. The van der Waals surface area contributed by atoms with Gasteiger partial charge in [0.1, 0.15) is 5.82 Å². The quantitative estimate of drug-likeness (QED) is 0.826. The third-order valence-electron chi connectivity index (χ3n) is 5.01. The average Bonchev–Trinajstić information content (AvgIpc) is 2.63. The number of rotatable bonds is 5. The van der Waals surface area contributed by atoms with Gasteiger partial charge in [0, 0.05) is 37.5 Å². The molecular weight excluding hydrogens is 331 g/mol. The van der Waals surface area contributed by atoms with E-state index in [-0.39, 0.29) is 23.7 Å². The molecule has 0 N–H and O–H groups in total. The number of aromatic nitrogens is 1. The van der Waals surface area contributed by atoms with Crippen LogP contribution in [0.3, 0.4) is 0 Å². The molecule has 5 heteroatoms. The van der Waals surface area contributed by atoms with Crippen LogP contribution >= 0.6 is 0 Å². The van der Waals surface area contributed by atoms with Crippen molar-refractivity contribution in [3.05, 3.63) is 65.2 Å². The molecule has 3 rings (SSSR count). The van der Waals surface area contributed by atoms with Gasteiger partial charge in [0.15, 0.2) is 0 Å². The SMILES string of the molecule is CO[C@@H]1CCN(C(=O)Cc2cccc(C)n2)C[C@H]1Cc1ccc(F)cc1. The lowest BCUT2D eigenvalue weighted by molar-refractivity contribution is -0.134. The lowest BCUT2D eigenvalue weighted by Gasteiger charge is -2.38. The molecule has 1 aromatic heterocycles. The highest BCUT2D eigenvalue weighted by Crippen LogP contribution is 2.24. The Morgan fingerprint density at radius 2 is 2.04 bits per heavy atom. The second-order valence-electron chi connectivity index (χ2n) is 6.94. The van der Waals surface area contributed by atoms with Gasteiger partial charge in [0.25, 0.3) is 0 Å². The molecule has 138 valence electrons. The summed E-state index contributed by atoms with van der Waals surface area (Å²) in [7, 11) is 1.72. The number of methoxy groups -OCH3 is 1. The van der Waals surface area contributed by atoms with Gasteiger partial charge in [-0.1, -0.05) is 18.2 Å². The van der Waals surface area contributed by atoms with Gasteiger partial charge in [-0.3, -0.25) is 9.78 Å². The summed E-state index contributed by atoms with van der Waals surface area (Å²) >= 11 is 0. The molecule has 0 bridgehead atoms. The standard InChI is InChI=1S/C21H25FN2O2/c1-15-4-3-5-19(23-15)13-21(25)24-11-10-20(26-2)17(14-24)12-16-6-8-18(22)9-7-16/h3-9,17,20H,10-14H2,1-2H3/t17-,20-/m1/s1. The third-order valence-corrected chi connectivity index (χ3v) is 5.01. The van der Waals surface area contributed by atoms with Gasteiger partial charge in [-0.05, 0) is 49.6 Å².